The van der Waals surface area contributed by atoms with Crippen LogP contribution < -0.4 is 5.32 Å². The molecule has 1 amide bonds. The number of rotatable bonds is 6. The minimum absolute atomic E-state index is 0.0328. The first-order valence-corrected chi connectivity index (χ1v) is 8.32. The van der Waals surface area contributed by atoms with Gasteiger partial charge >= 0.3 is 0 Å². The Morgan fingerprint density at radius 3 is 2.50 bits per heavy atom. The zero-order valence-electron chi connectivity index (χ0n) is 14.9. The molecule has 2 aromatic rings. The topological polar surface area (TPSA) is 50.2 Å². The Labute approximate surface area is 148 Å². The Bertz CT molecular complexity index is 707. The molecule has 0 saturated heterocycles. The number of benzene rings is 1. The number of nitrogens with one attached hydrogen (secondary N) is 1. The van der Waals surface area contributed by atoms with E-state index in [-0.39, 0.29) is 11.3 Å². The van der Waals surface area contributed by atoms with Crippen molar-refractivity contribution >= 4 is 17.5 Å². The van der Waals surface area contributed by atoms with E-state index in [1.54, 1.807) is 11.6 Å². The summed E-state index contributed by atoms with van der Waals surface area (Å²) in [5.41, 5.74) is 1.85. The molecule has 0 atom stereocenters. The van der Waals surface area contributed by atoms with Crippen LogP contribution in [0.15, 0.2) is 30.3 Å². The summed E-state index contributed by atoms with van der Waals surface area (Å²) in [6, 6.07) is 9.55. The molecule has 24 heavy (non-hydrogen) atoms. The fourth-order valence-electron chi connectivity index (χ4n) is 2.82. The number of carbonyl (C=O) groups is 1. The average Bonchev–Trinajstić information content (AvgIpc) is 2.79. The van der Waals surface area contributed by atoms with Gasteiger partial charge in [-0.2, -0.15) is 5.10 Å². The van der Waals surface area contributed by atoms with Gasteiger partial charge in [-0.1, -0.05) is 43.6 Å². The molecule has 0 aliphatic carbocycles. The molecular formula is C18H25ClN4O. The van der Waals surface area contributed by atoms with Crippen molar-refractivity contribution in [2.24, 2.45) is 5.41 Å². The second kappa shape index (κ2) is 7.36. The van der Waals surface area contributed by atoms with Gasteiger partial charge in [0, 0.05) is 13.1 Å². The fourth-order valence-corrected chi connectivity index (χ4v) is 3.18. The molecule has 2 rings (SSSR count). The van der Waals surface area contributed by atoms with E-state index in [1.165, 1.54) is 0 Å². The standard InChI is InChI=1S/C18H25ClN4O/c1-13-15(17(24)20-11-18(2,3)12-22(4)5)16(19)23(21-13)14-9-7-6-8-10-14/h6-10H,11-12H2,1-5H3,(H,20,24). The van der Waals surface area contributed by atoms with Crippen molar-refractivity contribution in [2.45, 2.75) is 20.8 Å². The predicted octanol–water partition coefficient (Wildman–Crippen LogP) is 3.15. The highest BCUT2D eigenvalue weighted by atomic mass is 35.5. The normalized spacial score (nSPS) is 11.8. The molecule has 0 spiro atoms. The van der Waals surface area contributed by atoms with E-state index >= 15 is 0 Å². The molecule has 0 bridgehead atoms. The molecule has 0 saturated carbocycles. The van der Waals surface area contributed by atoms with Crippen LogP contribution in [0.4, 0.5) is 0 Å². The summed E-state index contributed by atoms with van der Waals surface area (Å²) < 4.78 is 1.59. The van der Waals surface area contributed by atoms with Crippen LogP contribution in [0.5, 0.6) is 0 Å². The molecule has 6 heteroatoms. The van der Waals surface area contributed by atoms with Gasteiger partial charge in [0.25, 0.3) is 5.91 Å². The maximum Gasteiger partial charge on any atom is 0.256 e. The number of hydrogen-bond donors (Lipinski definition) is 1. The number of hydrogen-bond acceptors (Lipinski definition) is 3. The van der Waals surface area contributed by atoms with Gasteiger partial charge < -0.3 is 10.2 Å². The largest absolute Gasteiger partial charge is 0.351 e. The van der Waals surface area contributed by atoms with Crippen LogP contribution in [0.1, 0.15) is 29.9 Å². The van der Waals surface area contributed by atoms with Crippen LogP contribution in [-0.2, 0) is 0 Å². The van der Waals surface area contributed by atoms with Crippen molar-refractivity contribution in [2.75, 3.05) is 27.2 Å². The molecule has 1 heterocycles. The van der Waals surface area contributed by atoms with E-state index in [0.29, 0.717) is 23.0 Å². The number of aromatic nitrogens is 2. The minimum atomic E-state index is -0.188. The number of halogens is 1. The molecule has 1 aromatic heterocycles. The lowest BCUT2D eigenvalue weighted by Gasteiger charge is -2.28. The lowest BCUT2D eigenvalue weighted by Crippen LogP contribution is -2.40. The number of carbonyl (C=O) groups excluding carboxylic acids is 1. The third-order valence-corrected chi connectivity index (χ3v) is 4.05. The van der Waals surface area contributed by atoms with Crippen LogP contribution >= 0.6 is 11.6 Å². The first-order chi connectivity index (χ1) is 11.2. The summed E-state index contributed by atoms with van der Waals surface area (Å²) in [7, 11) is 4.04. The highest BCUT2D eigenvalue weighted by Gasteiger charge is 2.24. The smallest absolute Gasteiger partial charge is 0.256 e. The van der Waals surface area contributed by atoms with E-state index in [2.05, 4.69) is 29.2 Å². The molecule has 1 N–H and O–H groups in total. The minimum Gasteiger partial charge on any atom is -0.351 e. The van der Waals surface area contributed by atoms with Crippen LogP contribution in [0.3, 0.4) is 0 Å². The highest BCUT2D eigenvalue weighted by molar-refractivity contribution is 6.33. The Morgan fingerprint density at radius 2 is 1.92 bits per heavy atom. The number of nitrogens with zero attached hydrogens (tertiary/aromatic N) is 3. The second-order valence-electron chi connectivity index (χ2n) is 7.08. The van der Waals surface area contributed by atoms with Crippen molar-refractivity contribution < 1.29 is 4.79 Å². The summed E-state index contributed by atoms with van der Waals surface area (Å²) in [6.45, 7) is 7.48. The Balaban J connectivity index is 2.18. The molecule has 130 valence electrons. The third-order valence-electron chi connectivity index (χ3n) is 3.70. The van der Waals surface area contributed by atoms with Crippen LogP contribution in [-0.4, -0.2) is 47.8 Å². The number of aryl methyl sites for hydroxylation is 1. The average molecular weight is 349 g/mol. The van der Waals surface area contributed by atoms with Gasteiger partial charge in [0.05, 0.1) is 16.9 Å². The van der Waals surface area contributed by atoms with E-state index in [4.69, 9.17) is 11.6 Å². The maximum absolute atomic E-state index is 12.6. The predicted molar refractivity (Wildman–Crippen MR) is 98.0 cm³/mol. The summed E-state index contributed by atoms with van der Waals surface area (Å²) in [5, 5.41) is 7.73. The van der Waals surface area contributed by atoms with Gasteiger partial charge in [0.1, 0.15) is 5.15 Å². The van der Waals surface area contributed by atoms with Crippen molar-refractivity contribution in [3.05, 3.63) is 46.7 Å². The molecular weight excluding hydrogens is 324 g/mol. The zero-order chi connectivity index (χ0) is 17.9. The second-order valence-corrected chi connectivity index (χ2v) is 7.44. The summed E-state index contributed by atoms with van der Waals surface area (Å²) in [5.74, 6) is -0.188. The third kappa shape index (κ3) is 4.36. The SMILES string of the molecule is Cc1nn(-c2ccccc2)c(Cl)c1C(=O)NCC(C)(C)CN(C)C. The zero-order valence-corrected chi connectivity index (χ0v) is 15.7. The molecule has 0 aliphatic heterocycles. The number of amides is 1. The Hall–Kier alpha value is -1.85. The first-order valence-electron chi connectivity index (χ1n) is 7.95. The van der Waals surface area contributed by atoms with Gasteiger partial charge in [-0.3, -0.25) is 4.79 Å². The number of para-hydroxylation sites is 1. The molecule has 5 nitrogen and oxygen atoms in total. The van der Waals surface area contributed by atoms with Gasteiger partial charge in [0.15, 0.2) is 0 Å². The summed E-state index contributed by atoms with van der Waals surface area (Å²) in [4.78, 5) is 14.7. The van der Waals surface area contributed by atoms with Crippen LogP contribution in [0.2, 0.25) is 5.15 Å². The lowest BCUT2D eigenvalue weighted by atomic mass is 9.93. The van der Waals surface area contributed by atoms with E-state index < -0.39 is 0 Å². The Kier molecular flexibility index (Phi) is 5.67. The van der Waals surface area contributed by atoms with Gasteiger partial charge in [0.2, 0.25) is 0 Å². The van der Waals surface area contributed by atoms with Crippen molar-refractivity contribution in [1.29, 1.82) is 0 Å². The Morgan fingerprint density at radius 1 is 1.29 bits per heavy atom. The summed E-state index contributed by atoms with van der Waals surface area (Å²) in [6.07, 6.45) is 0. The molecule has 0 fully saturated rings. The van der Waals surface area contributed by atoms with Crippen LogP contribution in [0, 0.1) is 12.3 Å². The van der Waals surface area contributed by atoms with Gasteiger partial charge in [-0.05, 0) is 38.6 Å². The molecule has 0 unspecified atom stereocenters. The molecule has 1 aromatic carbocycles. The maximum atomic E-state index is 12.6. The van der Waals surface area contributed by atoms with E-state index in [0.717, 1.165) is 12.2 Å². The molecule has 0 aliphatic rings. The van der Waals surface area contributed by atoms with Crippen molar-refractivity contribution in [3.8, 4) is 5.69 Å². The van der Waals surface area contributed by atoms with Crippen LogP contribution in [0.25, 0.3) is 5.69 Å². The van der Waals surface area contributed by atoms with Gasteiger partial charge in [-0.15, -0.1) is 0 Å². The van der Waals surface area contributed by atoms with Crippen molar-refractivity contribution in [3.63, 3.8) is 0 Å². The summed E-state index contributed by atoms with van der Waals surface area (Å²) >= 11 is 6.42. The van der Waals surface area contributed by atoms with E-state index in [1.807, 2.05) is 44.4 Å². The fraction of sp³-hybridized carbons (Fsp3) is 0.444. The molecule has 0 radical (unpaired) electrons. The monoisotopic (exact) mass is 348 g/mol. The van der Waals surface area contributed by atoms with Crippen molar-refractivity contribution in [1.82, 2.24) is 20.0 Å². The lowest BCUT2D eigenvalue weighted by molar-refractivity contribution is 0.0928. The van der Waals surface area contributed by atoms with Gasteiger partial charge in [-0.25, -0.2) is 4.68 Å². The van der Waals surface area contributed by atoms with E-state index in [9.17, 15) is 4.79 Å². The quantitative estimate of drug-likeness (QED) is 0.872. The first kappa shape index (κ1) is 18.5. The highest BCUT2D eigenvalue weighted by Crippen LogP contribution is 2.24.